The van der Waals surface area contributed by atoms with Crippen molar-refractivity contribution in [2.45, 2.75) is 4.90 Å². The zero-order chi connectivity index (χ0) is 22.0. The van der Waals surface area contributed by atoms with Gasteiger partial charge in [0.05, 0.1) is 4.90 Å². The molecule has 2 heterocycles. The number of hydrogen-bond acceptors (Lipinski definition) is 5. The average molecular weight is 444 g/mol. The first-order valence-corrected chi connectivity index (χ1v) is 11.2. The van der Waals surface area contributed by atoms with Crippen LogP contribution in [0, 0.1) is 5.82 Å². The van der Waals surface area contributed by atoms with E-state index in [1.54, 1.807) is 18.2 Å². The van der Waals surface area contributed by atoms with Crippen LogP contribution >= 0.6 is 0 Å². The summed E-state index contributed by atoms with van der Waals surface area (Å²) in [5.41, 5.74) is 0.778. The average Bonchev–Trinajstić information content (AvgIpc) is 3.25. The fourth-order valence-corrected chi connectivity index (χ4v) is 4.72. The lowest BCUT2D eigenvalue weighted by Gasteiger charge is -2.31. The molecule has 1 fully saturated rings. The highest BCUT2D eigenvalue weighted by molar-refractivity contribution is 7.89. The number of hydrogen-bond donors (Lipinski definition) is 1. The highest BCUT2D eigenvalue weighted by Crippen LogP contribution is 2.20. The molecule has 0 spiro atoms. The number of nitrogens with zero attached hydrogens (tertiary/aromatic N) is 4. The molecule has 2 aromatic carbocycles. The van der Waals surface area contributed by atoms with Gasteiger partial charge in [0, 0.05) is 38.1 Å². The third-order valence-corrected chi connectivity index (χ3v) is 7.05. The minimum absolute atomic E-state index is 0.109. The Morgan fingerprint density at radius 3 is 2.35 bits per heavy atom. The van der Waals surface area contributed by atoms with E-state index in [2.05, 4.69) is 15.3 Å². The minimum Gasteiger partial charge on any atom is -0.321 e. The summed E-state index contributed by atoms with van der Waals surface area (Å²) in [6.07, 6.45) is 1.50. The summed E-state index contributed by atoms with van der Waals surface area (Å²) in [6, 6.07) is 13.6. The van der Waals surface area contributed by atoms with Crippen LogP contribution in [0.2, 0.25) is 0 Å². The van der Waals surface area contributed by atoms with Gasteiger partial charge >= 0.3 is 0 Å². The predicted molar refractivity (Wildman–Crippen MR) is 114 cm³/mol. The number of rotatable bonds is 5. The summed E-state index contributed by atoms with van der Waals surface area (Å²) in [4.78, 5) is 14.8. The molecule has 31 heavy (non-hydrogen) atoms. The molecule has 0 unspecified atom stereocenters. The zero-order valence-electron chi connectivity index (χ0n) is 16.9. The standard InChI is InChI=1S/C21H22FN5O3S/c1-25-12-14-26(15-13-25)31(29,30)17-8-6-16(7-9-17)23-21(28)19-10-11-27(24-19)20-5-3-2-4-18(20)22/h2-11H,12-15H2,1H3,(H,23,28). The van der Waals surface area contributed by atoms with E-state index in [1.165, 1.54) is 51.6 Å². The Bertz CT molecular complexity index is 1190. The summed E-state index contributed by atoms with van der Waals surface area (Å²) in [5, 5.41) is 6.80. The molecule has 0 atom stereocenters. The number of sulfonamides is 1. The number of carbonyl (C=O) groups excluding carboxylic acids is 1. The molecule has 0 aliphatic carbocycles. The molecule has 3 aromatic rings. The van der Waals surface area contributed by atoms with Crippen LogP contribution in [-0.4, -0.2) is 66.5 Å². The number of halogens is 1. The first kappa shape index (κ1) is 21.2. The zero-order valence-corrected chi connectivity index (χ0v) is 17.7. The van der Waals surface area contributed by atoms with E-state index in [-0.39, 0.29) is 16.3 Å². The number of anilines is 1. The Labute approximate surface area is 179 Å². The molecule has 1 aromatic heterocycles. The molecular weight excluding hydrogens is 421 g/mol. The van der Waals surface area contributed by atoms with Gasteiger partial charge in [-0.1, -0.05) is 12.1 Å². The fourth-order valence-electron chi connectivity index (χ4n) is 3.30. The van der Waals surface area contributed by atoms with Crippen molar-refractivity contribution < 1.29 is 17.6 Å². The van der Waals surface area contributed by atoms with Crippen LogP contribution in [0.4, 0.5) is 10.1 Å². The largest absolute Gasteiger partial charge is 0.321 e. The van der Waals surface area contributed by atoms with Crippen LogP contribution in [0.5, 0.6) is 0 Å². The van der Waals surface area contributed by atoms with Gasteiger partial charge < -0.3 is 10.2 Å². The summed E-state index contributed by atoms with van der Waals surface area (Å²) in [5.74, 6) is -0.931. The van der Waals surface area contributed by atoms with Crippen molar-refractivity contribution in [3.05, 3.63) is 72.3 Å². The quantitative estimate of drug-likeness (QED) is 0.653. The van der Waals surface area contributed by atoms with Gasteiger partial charge in [-0.05, 0) is 49.5 Å². The Hall–Kier alpha value is -3.08. The van der Waals surface area contributed by atoms with Crippen molar-refractivity contribution in [3.63, 3.8) is 0 Å². The maximum absolute atomic E-state index is 13.9. The van der Waals surface area contributed by atoms with E-state index < -0.39 is 21.7 Å². The van der Waals surface area contributed by atoms with Crippen LogP contribution in [0.3, 0.4) is 0 Å². The molecular formula is C21H22FN5O3S. The molecule has 0 radical (unpaired) electrons. The van der Waals surface area contributed by atoms with Crippen molar-refractivity contribution in [1.82, 2.24) is 19.0 Å². The van der Waals surface area contributed by atoms with Crippen LogP contribution in [0.1, 0.15) is 10.5 Å². The summed E-state index contributed by atoms with van der Waals surface area (Å²) >= 11 is 0. The van der Waals surface area contributed by atoms with Crippen molar-refractivity contribution in [1.29, 1.82) is 0 Å². The van der Waals surface area contributed by atoms with Gasteiger partial charge in [0.1, 0.15) is 11.5 Å². The van der Waals surface area contributed by atoms with E-state index in [0.717, 1.165) is 0 Å². The molecule has 4 rings (SSSR count). The van der Waals surface area contributed by atoms with Gasteiger partial charge in [-0.2, -0.15) is 9.40 Å². The molecule has 0 saturated carbocycles. The molecule has 0 bridgehead atoms. The normalized spacial score (nSPS) is 15.7. The first-order chi connectivity index (χ1) is 14.8. The Balaban J connectivity index is 1.45. The van der Waals surface area contributed by atoms with Crippen LogP contribution in [0.25, 0.3) is 5.69 Å². The molecule has 1 aliphatic heterocycles. The second-order valence-electron chi connectivity index (χ2n) is 7.28. The lowest BCUT2D eigenvalue weighted by Crippen LogP contribution is -2.46. The molecule has 1 aliphatic rings. The number of carbonyl (C=O) groups is 1. The lowest BCUT2D eigenvalue weighted by atomic mass is 10.3. The molecule has 1 N–H and O–H groups in total. The smallest absolute Gasteiger partial charge is 0.276 e. The highest BCUT2D eigenvalue weighted by atomic mass is 32.2. The van der Waals surface area contributed by atoms with E-state index in [4.69, 9.17) is 0 Å². The highest BCUT2D eigenvalue weighted by Gasteiger charge is 2.27. The molecule has 1 saturated heterocycles. The van der Waals surface area contributed by atoms with Gasteiger partial charge in [-0.15, -0.1) is 0 Å². The predicted octanol–water partition coefficient (Wildman–Crippen LogP) is 2.20. The third kappa shape index (κ3) is 4.50. The fraction of sp³-hybridized carbons (Fsp3) is 0.238. The Morgan fingerprint density at radius 1 is 1.00 bits per heavy atom. The molecule has 1 amide bonds. The van der Waals surface area contributed by atoms with Crippen LogP contribution in [0.15, 0.2) is 65.7 Å². The minimum atomic E-state index is -3.57. The van der Waals surface area contributed by atoms with Crippen molar-refractivity contribution in [2.24, 2.45) is 0 Å². The van der Waals surface area contributed by atoms with Gasteiger partial charge in [-0.3, -0.25) is 4.79 Å². The Kier molecular flexibility index (Phi) is 5.86. The van der Waals surface area contributed by atoms with Crippen LogP contribution in [-0.2, 0) is 10.0 Å². The summed E-state index contributed by atoms with van der Waals surface area (Å²) in [6.45, 7) is 2.27. The van der Waals surface area contributed by atoms with Gasteiger partial charge in [0.15, 0.2) is 5.69 Å². The third-order valence-electron chi connectivity index (χ3n) is 5.13. The molecule has 10 heteroatoms. The maximum atomic E-state index is 13.9. The number of nitrogens with one attached hydrogen (secondary N) is 1. The summed E-state index contributed by atoms with van der Waals surface area (Å²) in [7, 11) is -1.61. The number of aromatic nitrogens is 2. The van der Waals surface area contributed by atoms with E-state index in [1.807, 2.05) is 7.05 Å². The Morgan fingerprint density at radius 2 is 1.68 bits per heavy atom. The van der Waals surface area contributed by atoms with E-state index in [9.17, 15) is 17.6 Å². The first-order valence-electron chi connectivity index (χ1n) is 9.75. The van der Waals surface area contributed by atoms with Gasteiger partial charge in [0.2, 0.25) is 10.0 Å². The second-order valence-corrected chi connectivity index (χ2v) is 9.22. The summed E-state index contributed by atoms with van der Waals surface area (Å²) < 4.78 is 42.2. The number of para-hydroxylation sites is 1. The SMILES string of the molecule is CN1CCN(S(=O)(=O)c2ccc(NC(=O)c3ccn(-c4ccccc4F)n3)cc2)CC1. The molecule has 162 valence electrons. The second kappa shape index (κ2) is 8.58. The van der Waals surface area contributed by atoms with E-state index >= 15 is 0 Å². The number of amides is 1. The van der Waals surface area contributed by atoms with Crippen molar-refractivity contribution in [2.75, 3.05) is 38.5 Å². The monoisotopic (exact) mass is 443 g/mol. The maximum Gasteiger partial charge on any atom is 0.276 e. The van der Waals surface area contributed by atoms with E-state index in [0.29, 0.717) is 31.9 Å². The lowest BCUT2D eigenvalue weighted by molar-refractivity contribution is 0.102. The number of benzene rings is 2. The van der Waals surface area contributed by atoms with Crippen molar-refractivity contribution in [3.8, 4) is 5.69 Å². The van der Waals surface area contributed by atoms with Crippen molar-refractivity contribution >= 4 is 21.6 Å². The topological polar surface area (TPSA) is 87.5 Å². The molecule has 8 nitrogen and oxygen atoms in total. The van der Waals surface area contributed by atoms with Gasteiger partial charge in [0.25, 0.3) is 5.91 Å². The van der Waals surface area contributed by atoms with Crippen LogP contribution < -0.4 is 5.32 Å². The number of likely N-dealkylation sites (N-methyl/N-ethyl adjacent to an activating group) is 1. The number of piperazine rings is 1. The van der Waals surface area contributed by atoms with Gasteiger partial charge in [-0.25, -0.2) is 17.5 Å².